The number of nitrogens with one attached hydrogen (secondary N) is 1. The second-order valence-electron chi connectivity index (χ2n) is 8.36. The number of amidine groups is 1. The monoisotopic (exact) mass is 566 g/mol. The Hall–Kier alpha value is -2.50. The van der Waals surface area contributed by atoms with Crippen molar-refractivity contribution >= 4 is 63.3 Å². The zero-order valence-electron chi connectivity index (χ0n) is 20.5. The van der Waals surface area contributed by atoms with Gasteiger partial charge in [0.1, 0.15) is 16.7 Å². The summed E-state index contributed by atoms with van der Waals surface area (Å²) in [7, 11) is 3.06. The smallest absolute Gasteiger partial charge is 0.242 e. The van der Waals surface area contributed by atoms with Crippen LogP contribution in [0.2, 0.25) is 10.0 Å². The molecule has 0 saturated carbocycles. The average Bonchev–Trinajstić information content (AvgIpc) is 3.18. The molecule has 2 aromatic rings. The Morgan fingerprint density at radius 1 is 1.11 bits per heavy atom. The lowest BCUT2D eigenvalue weighted by molar-refractivity contribution is -0.128. The number of hydrogen-bond acceptors (Lipinski definition) is 8. The van der Waals surface area contributed by atoms with Gasteiger partial charge in [0.2, 0.25) is 11.8 Å². The van der Waals surface area contributed by atoms with Crippen LogP contribution in [0.25, 0.3) is 0 Å². The average molecular weight is 567 g/mol. The van der Waals surface area contributed by atoms with Crippen LogP contribution in [0.1, 0.15) is 6.42 Å². The minimum absolute atomic E-state index is 0.0295. The maximum absolute atomic E-state index is 13.4. The van der Waals surface area contributed by atoms with Crippen LogP contribution < -0.4 is 14.8 Å². The lowest BCUT2D eigenvalue weighted by Crippen LogP contribution is -2.43. The van der Waals surface area contributed by atoms with Crippen LogP contribution in [0.15, 0.2) is 41.4 Å². The van der Waals surface area contributed by atoms with Gasteiger partial charge in [-0.05, 0) is 30.3 Å². The molecule has 0 spiro atoms. The fraction of sp³-hybridized carbons (Fsp3) is 0.400. The predicted octanol–water partition coefficient (Wildman–Crippen LogP) is 4.30. The number of halogens is 2. The van der Waals surface area contributed by atoms with Gasteiger partial charge < -0.3 is 19.5 Å². The quantitative estimate of drug-likeness (QED) is 0.483. The highest BCUT2D eigenvalue weighted by atomic mass is 35.5. The van der Waals surface area contributed by atoms with E-state index >= 15 is 0 Å². The van der Waals surface area contributed by atoms with Gasteiger partial charge in [0.05, 0.1) is 48.9 Å². The highest BCUT2D eigenvalue weighted by Gasteiger charge is 2.39. The Kier molecular flexibility index (Phi) is 9.55. The van der Waals surface area contributed by atoms with Crippen LogP contribution in [0, 0.1) is 0 Å². The van der Waals surface area contributed by atoms with Gasteiger partial charge in [-0.25, -0.2) is 4.99 Å². The molecule has 2 fully saturated rings. The van der Waals surface area contributed by atoms with Crippen molar-refractivity contribution in [2.24, 2.45) is 4.99 Å². The highest BCUT2D eigenvalue weighted by Crippen LogP contribution is 2.34. The van der Waals surface area contributed by atoms with E-state index < -0.39 is 5.25 Å². The molecule has 0 bridgehead atoms. The summed E-state index contributed by atoms with van der Waals surface area (Å²) in [5.74, 6) is 0.590. The molecule has 37 heavy (non-hydrogen) atoms. The molecule has 0 aromatic heterocycles. The number of carbonyl (C=O) groups is 2. The number of carbonyl (C=O) groups excluding carboxylic acids is 2. The van der Waals surface area contributed by atoms with Gasteiger partial charge in [-0.15, -0.1) is 0 Å². The summed E-state index contributed by atoms with van der Waals surface area (Å²) in [6.45, 7) is 4.09. The van der Waals surface area contributed by atoms with Crippen molar-refractivity contribution in [2.75, 3.05) is 58.9 Å². The third-order valence-corrected chi connectivity index (χ3v) is 7.86. The van der Waals surface area contributed by atoms with Gasteiger partial charge in [-0.3, -0.25) is 19.4 Å². The molecular weight excluding hydrogens is 539 g/mol. The van der Waals surface area contributed by atoms with Crippen molar-refractivity contribution in [1.82, 2.24) is 9.80 Å². The Bertz CT molecular complexity index is 1180. The molecule has 2 amide bonds. The summed E-state index contributed by atoms with van der Waals surface area (Å²) in [6.07, 6.45) is -0.0295. The molecule has 1 N–H and O–H groups in total. The van der Waals surface area contributed by atoms with E-state index in [1.165, 1.54) is 18.9 Å². The standard InChI is InChI=1S/C25H28Cl2N4O5S/c1-34-17-4-6-21(35-2)20(14-17)29-23(32)15-22-24(33)31(8-7-30-9-11-36-12-10-30)25(37-22)28-16-3-5-18(26)19(27)13-16/h3-6,13-14,22H,7-12,15H2,1-2H3,(H,29,32). The molecule has 1 unspecified atom stereocenters. The molecule has 12 heteroatoms. The summed E-state index contributed by atoms with van der Waals surface area (Å²) in [5.41, 5.74) is 1.04. The van der Waals surface area contributed by atoms with Gasteiger partial charge >= 0.3 is 0 Å². The maximum atomic E-state index is 13.4. The van der Waals surface area contributed by atoms with E-state index in [0.29, 0.717) is 64.4 Å². The van der Waals surface area contributed by atoms with Gasteiger partial charge in [0.25, 0.3) is 0 Å². The largest absolute Gasteiger partial charge is 0.497 e. The number of nitrogens with zero attached hydrogens (tertiary/aromatic N) is 3. The molecule has 0 aliphatic carbocycles. The number of benzene rings is 2. The van der Waals surface area contributed by atoms with Crippen molar-refractivity contribution in [3.05, 3.63) is 46.4 Å². The molecule has 2 aromatic carbocycles. The summed E-state index contributed by atoms with van der Waals surface area (Å²) >= 11 is 13.5. The normalized spacial score (nSPS) is 19.4. The number of thioether (sulfide) groups is 1. The van der Waals surface area contributed by atoms with Crippen LogP contribution in [0.5, 0.6) is 11.5 Å². The zero-order chi connectivity index (χ0) is 26.4. The zero-order valence-corrected chi connectivity index (χ0v) is 22.9. The number of methoxy groups -OCH3 is 2. The molecule has 2 aliphatic heterocycles. The van der Waals surface area contributed by atoms with Crippen molar-refractivity contribution in [2.45, 2.75) is 11.7 Å². The van der Waals surface area contributed by atoms with E-state index in [1.54, 1.807) is 48.4 Å². The van der Waals surface area contributed by atoms with Gasteiger partial charge in [0.15, 0.2) is 5.17 Å². The predicted molar refractivity (Wildman–Crippen MR) is 147 cm³/mol. The van der Waals surface area contributed by atoms with E-state index in [2.05, 4.69) is 15.2 Å². The van der Waals surface area contributed by atoms with Crippen LogP contribution >= 0.6 is 35.0 Å². The molecule has 1 atom stereocenters. The van der Waals surface area contributed by atoms with Crippen molar-refractivity contribution < 1.29 is 23.8 Å². The molecule has 4 rings (SSSR count). The number of rotatable bonds is 9. The van der Waals surface area contributed by atoms with E-state index in [0.717, 1.165) is 13.1 Å². The molecule has 2 saturated heterocycles. The van der Waals surface area contributed by atoms with Crippen LogP contribution in [0.4, 0.5) is 11.4 Å². The fourth-order valence-electron chi connectivity index (χ4n) is 3.94. The minimum Gasteiger partial charge on any atom is -0.497 e. The van der Waals surface area contributed by atoms with E-state index in [1.807, 2.05) is 0 Å². The van der Waals surface area contributed by atoms with Gasteiger partial charge in [-0.2, -0.15) is 0 Å². The first-order valence-electron chi connectivity index (χ1n) is 11.7. The Morgan fingerprint density at radius 2 is 1.89 bits per heavy atom. The Labute approximate surface area is 230 Å². The Morgan fingerprint density at radius 3 is 2.59 bits per heavy atom. The van der Waals surface area contributed by atoms with Crippen molar-refractivity contribution in [1.29, 1.82) is 0 Å². The number of anilines is 1. The number of hydrogen-bond donors (Lipinski definition) is 1. The molecule has 2 heterocycles. The van der Waals surface area contributed by atoms with Crippen LogP contribution in [0.3, 0.4) is 0 Å². The third kappa shape index (κ3) is 7.08. The topological polar surface area (TPSA) is 92.7 Å². The number of ether oxygens (including phenoxy) is 3. The van der Waals surface area contributed by atoms with Gasteiger partial charge in [0, 0.05) is 38.7 Å². The van der Waals surface area contributed by atoms with E-state index in [9.17, 15) is 9.59 Å². The summed E-state index contributed by atoms with van der Waals surface area (Å²) in [4.78, 5) is 34.9. The number of amides is 2. The van der Waals surface area contributed by atoms with E-state index in [4.69, 9.17) is 37.4 Å². The van der Waals surface area contributed by atoms with Crippen LogP contribution in [-0.4, -0.2) is 85.6 Å². The van der Waals surface area contributed by atoms with Crippen molar-refractivity contribution in [3.8, 4) is 11.5 Å². The summed E-state index contributed by atoms with van der Waals surface area (Å²) < 4.78 is 16.0. The SMILES string of the molecule is COc1ccc(OC)c(NC(=O)CC2SC(=Nc3ccc(Cl)c(Cl)c3)N(CCN3CCOCC3)C2=O)c1. The first kappa shape index (κ1) is 27.5. The lowest BCUT2D eigenvalue weighted by Gasteiger charge is -2.28. The highest BCUT2D eigenvalue weighted by molar-refractivity contribution is 8.15. The minimum atomic E-state index is -0.622. The van der Waals surface area contributed by atoms with Gasteiger partial charge in [-0.1, -0.05) is 35.0 Å². The number of morpholine rings is 1. The van der Waals surface area contributed by atoms with Crippen LogP contribution in [-0.2, 0) is 14.3 Å². The first-order chi connectivity index (χ1) is 17.9. The summed E-state index contributed by atoms with van der Waals surface area (Å²) in [5, 5.41) is 3.54. The maximum Gasteiger partial charge on any atom is 0.242 e. The second kappa shape index (κ2) is 12.8. The lowest BCUT2D eigenvalue weighted by atomic mass is 10.2. The molecular formula is C25H28Cl2N4O5S. The molecule has 9 nitrogen and oxygen atoms in total. The first-order valence-corrected chi connectivity index (χ1v) is 13.3. The molecule has 2 aliphatic rings. The third-order valence-electron chi connectivity index (χ3n) is 5.94. The van der Waals surface area contributed by atoms with E-state index in [-0.39, 0.29) is 18.2 Å². The second-order valence-corrected chi connectivity index (χ2v) is 10.3. The Balaban J connectivity index is 1.50. The fourth-order valence-corrected chi connectivity index (χ4v) is 5.42. The summed E-state index contributed by atoms with van der Waals surface area (Å²) in [6, 6.07) is 10.2. The number of aliphatic imine (C=N–C) groups is 1. The van der Waals surface area contributed by atoms with Crippen molar-refractivity contribution in [3.63, 3.8) is 0 Å². The molecule has 198 valence electrons. The molecule has 0 radical (unpaired) electrons.